The number of hydrogen-bond donors (Lipinski definition) is 1. The van der Waals surface area contributed by atoms with Crippen LogP contribution in [-0.2, 0) is 4.74 Å². The van der Waals surface area contributed by atoms with Gasteiger partial charge in [-0.05, 0) is 45.1 Å². The van der Waals surface area contributed by atoms with Gasteiger partial charge in [0.2, 0.25) is 0 Å². The first kappa shape index (κ1) is 19.0. The number of rotatable bonds is 12. The molecule has 126 valence electrons. The molecule has 2 unspecified atom stereocenters. The van der Waals surface area contributed by atoms with Crippen molar-refractivity contribution in [3.05, 3.63) is 0 Å². The minimum absolute atomic E-state index is 0.129. The largest absolute Gasteiger partial charge is 0.374 e. The van der Waals surface area contributed by atoms with Crippen molar-refractivity contribution in [1.82, 2.24) is 5.32 Å². The zero-order valence-corrected chi connectivity index (χ0v) is 15.0. The Balaban J connectivity index is 2.71. The highest BCUT2D eigenvalue weighted by Gasteiger charge is 2.42. The second kappa shape index (κ2) is 10.6. The van der Waals surface area contributed by atoms with Gasteiger partial charge in [-0.25, -0.2) is 0 Å². The summed E-state index contributed by atoms with van der Waals surface area (Å²) in [7, 11) is 0. The molecule has 0 bridgehead atoms. The Morgan fingerprint density at radius 3 is 2.29 bits per heavy atom. The number of hydrogen-bond acceptors (Lipinski definition) is 2. The predicted molar refractivity (Wildman–Crippen MR) is 92.8 cm³/mol. The van der Waals surface area contributed by atoms with E-state index < -0.39 is 0 Å². The zero-order chi connectivity index (χ0) is 15.6. The summed E-state index contributed by atoms with van der Waals surface area (Å²) in [5.74, 6) is 0.859. The monoisotopic (exact) mass is 297 g/mol. The Morgan fingerprint density at radius 1 is 1.05 bits per heavy atom. The SMILES string of the molecule is CCCCC(CC)CC(NCCC)C1(OCC)CCCC1. The van der Waals surface area contributed by atoms with Crippen molar-refractivity contribution in [3.63, 3.8) is 0 Å². The average Bonchev–Trinajstić information content (AvgIpc) is 2.96. The first-order valence-electron chi connectivity index (χ1n) is 9.59. The van der Waals surface area contributed by atoms with Gasteiger partial charge in [-0.2, -0.15) is 0 Å². The van der Waals surface area contributed by atoms with Crippen LogP contribution in [-0.4, -0.2) is 24.8 Å². The Hall–Kier alpha value is -0.0800. The van der Waals surface area contributed by atoms with Gasteiger partial charge < -0.3 is 10.1 Å². The molecule has 0 amide bonds. The highest BCUT2D eigenvalue weighted by atomic mass is 16.5. The summed E-state index contributed by atoms with van der Waals surface area (Å²) >= 11 is 0. The second-order valence-corrected chi connectivity index (χ2v) is 6.86. The van der Waals surface area contributed by atoms with Crippen molar-refractivity contribution in [1.29, 1.82) is 0 Å². The molecule has 1 fully saturated rings. The molecule has 0 aromatic carbocycles. The molecule has 2 nitrogen and oxygen atoms in total. The molecule has 0 heterocycles. The van der Waals surface area contributed by atoms with E-state index in [1.54, 1.807) is 0 Å². The Bertz CT molecular complexity index is 248. The van der Waals surface area contributed by atoms with Crippen molar-refractivity contribution < 1.29 is 4.74 Å². The Kier molecular flexibility index (Phi) is 9.59. The maximum atomic E-state index is 6.34. The van der Waals surface area contributed by atoms with Crippen LogP contribution in [0.1, 0.15) is 91.9 Å². The lowest BCUT2D eigenvalue weighted by Gasteiger charge is -2.40. The van der Waals surface area contributed by atoms with Crippen LogP contribution >= 0.6 is 0 Å². The maximum Gasteiger partial charge on any atom is 0.0834 e. The van der Waals surface area contributed by atoms with Crippen LogP contribution < -0.4 is 5.32 Å². The maximum absolute atomic E-state index is 6.34. The molecule has 2 heteroatoms. The van der Waals surface area contributed by atoms with E-state index in [-0.39, 0.29) is 5.60 Å². The summed E-state index contributed by atoms with van der Waals surface area (Å²) in [6.45, 7) is 11.1. The summed E-state index contributed by atoms with van der Waals surface area (Å²) in [5, 5.41) is 3.85. The first-order valence-corrected chi connectivity index (χ1v) is 9.59. The van der Waals surface area contributed by atoms with Crippen LogP contribution in [0.25, 0.3) is 0 Å². The molecule has 1 rings (SSSR count). The van der Waals surface area contributed by atoms with Gasteiger partial charge in [-0.15, -0.1) is 0 Å². The van der Waals surface area contributed by atoms with Gasteiger partial charge in [-0.1, -0.05) is 59.3 Å². The van der Waals surface area contributed by atoms with Crippen LogP contribution in [0, 0.1) is 5.92 Å². The lowest BCUT2D eigenvalue weighted by Crippen LogP contribution is -2.52. The number of ether oxygens (including phenoxy) is 1. The van der Waals surface area contributed by atoms with E-state index in [0.717, 1.165) is 19.1 Å². The van der Waals surface area contributed by atoms with Gasteiger partial charge in [0.25, 0.3) is 0 Å². The first-order chi connectivity index (χ1) is 10.2. The third kappa shape index (κ3) is 5.90. The predicted octanol–water partition coefficient (Wildman–Crippen LogP) is 5.31. The molecule has 1 saturated carbocycles. The number of nitrogens with one attached hydrogen (secondary N) is 1. The van der Waals surface area contributed by atoms with Crippen molar-refractivity contribution in [3.8, 4) is 0 Å². The molecule has 0 aromatic rings. The lowest BCUT2D eigenvalue weighted by molar-refractivity contribution is -0.0667. The molecule has 0 radical (unpaired) electrons. The van der Waals surface area contributed by atoms with E-state index in [4.69, 9.17) is 4.74 Å². The number of unbranched alkanes of at least 4 members (excludes halogenated alkanes) is 1. The van der Waals surface area contributed by atoms with Gasteiger partial charge in [0, 0.05) is 12.6 Å². The van der Waals surface area contributed by atoms with Gasteiger partial charge in [-0.3, -0.25) is 0 Å². The molecule has 1 aliphatic carbocycles. The minimum atomic E-state index is 0.129. The summed E-state index contributed by atoms with van der Waals surface area (Å²) < 4.78 is 6.34. The van der Waals surface area contributed by atoms with Crippen molar-refractivity contribution in [2.24, 2.45) is 5.92 Å². The summed E-state index contributed by atoms with van der Waals surface area (Å²) in [4.78, 5) is 0. The highest BCUT2D eigenvalue weighted by Crippen LogP contribution is 2.39. The van der Waals surface area contributed by atoms with E-state index in [0.29, 0.717) is 6.04 Å². The van der Waals surface area contributed by atoms with Gasteiger partial charge in [0.05, 0.1) is 5.60 Å². The van der Waals surface area contributed by atoms with E-state index in [2.05, 4.69) is 33.0 Å². The average molecular weight is 298 g/mol. The topological polar surface area (TPSA) is 21.3 Å². The third-order valence-corrected chi connectivity index (χ3v) is 5.27. The molecule has 0 saturated heterocycles. The molecule has 0 spiro atoms. The molecule has 2 atom stereocenters. The summed E-state index contributed by atoms with van der Waals surface area (Å²) in [6, 6.07) is 0.557. The molecule has 0 aromatic heterocycles. The van der Waals surface area contributed by atoms with Crippen LogP contribution in [0.3, 0.4) is 0 Å². The van der Waals surface area contributed by atoms with Gasteiger partial charge >= 0.3 is 0 Å². The van der Waals surface area contributed by atoms with Crippen molar-refractivity contribution in [2.75, 3.05) is 13.2 Å². The summed E-state index contributed by atoms with van der Waals surface area (Å²) in [6.07, 6.45) is 13.1. The zero-order valence-electron chi connectivity index (χ0n) is 15.0. The van der Waals surface area contributed by atoms with Crippen molar-refractivity contribution in [2.45, 2.75) is 104 Å². The van der Waals surface area contributed by atoms with Crippen LogP contribution in [0.5, 0.6) is 0 Å². The normalized spacial score (nSPS) is 20.6. The standard InChI is InChI=1S/C19H39NO/c1-5-9-12-17(7-3)16-18(20-15-6-2)19(21-8-4)13-10-11-14-19/h17-18,20H,5-16H2,1-4H3. The molecule has 1 aliphatic rings. The fourth-order valence-electron chi connectivity index (χ4n) is 3.97. The molecule has 1 N–H and O–H groups in total. The van der Waals surface area contributed by atoms with Gasteiger partial charge in [0.1, 0.15) is 0 Å². The fraction of sp³-hybridized carbons (Fsp3) is 1.00. The Morgan fingerprint density at radius 2 is 1.76 bits per heavy atom. The van der Waals surface area contributed by atoms with Gasteiger partial charge in [0.15, 0.2) is 0 Å². The quantitative estimate of drug-likeness (QED) is 0.527. The van der Waals surface area contributed by atoms with Crippen LogP contribution in [0.2, 0.25) is 0 Å². The van der Waals surface area contributed by atoms with E-state index in [9.17, 15) is 0 Å². The third-order valence-electron chi connectivity index (χ3n) is 5.27. The lowest BCUT2D eigenvalue weighted by atomic mass is 9.82. The Labute approximate surface area is 133 Å². The minimum Gasteiger partial charge on any atom is -0.374 e. The fourth-order valence-corrected chi connectivity index (χ4v) is 3.97. The van der Waals surface area contributed by atoms with Crippen LogP contribution in [0.15, 0.2) is 0 Å². The molecule has 0 aliphatic heterocycles. The van der Waals surface area contributed by atoms with E-state index in [1.807, 2.05) is 0 Å². The van der Waals surface area contributed by atoms with Crippen LogP contribution in [0.4, 0.5) is 0 Å². The second-order valence-electron chi connectivity index (χ2n) is 6.86. The van der Waals surface area contributed by atoms with E-state index >= 15 is 0 Å². The van der Waals surface area contributed by atoms with Crippen molar-refractivity contribution >= 4 is 0 Å². The highest BCUT2D eigenvalue weighted by molar-refractivity contribution is 4.97. The summed E-state index contributed by atoms with van der Waals surface area (Å²) in [5.41, 5.74) is 0.129. The smallest absolute Gasteiger partial charge is 0.0834 e. The molecular formula is C19H39NO. The molecule has 21 heavy (non-hydrogen) atoms. The molecular weight excluding hydrogens is 258 g/mol. The van der Waals surface area contributed by atoms with E-state index in [1.165, 1.54) is 64.2 Å².